The Bertz CT molecular complexity index is 522. The van der Waals surface area contributed by atoms with E-state index >= 15 is 0 Å². The zero-order valence-corrected chi connectivity index (χ0v) is 11.0. The van der Waals surface area contributed by atoms with Crippen molar-refractivity contribution in [2.45, 2.75) is 19.4 Å². The van der Waals surface area contributed by atoms with Crippen LogP contribution in [0.4, 0.5) is 4.39 Å². The summed E-state index contributed by atoms with van der Waals surface area (Å²) in [5.41, 5.74) is 7.48. The molecule has 0 spiro atoms. The smallest absolute Gasteiger partial charge is 0.123 e. The maximum Gasteiger partial charge on any atom is 0.123 e. The quantitative estimate of drug-likeness (QED) is 0.946. The lowest BCUT2D eigenvalue weighted by molar-refractivity contribution is 0.621. The Hall–Kier alpha value is -1.20. The molecule has 3 nitrogen and oxygen atoms in total. The van der Waals surface area contributed by atoms with Gasteiger partial charge in [-0.05, 0) is 53.0 Å². The van der Waals surface area contributed by atoms with Crippen molar-refractivity contribution >= 4 is 15.9 Å². The van der Waals surface area contributed by atoms with E-state index in [0.29, 0.717) is 6.42 Å². The van der Waals surface area contributed by atoms with Crippen LogP contribution in [0.5, 0.6) is 0 Å². The summed E-state index contributed by atoms with van der Waals surface area (Å²) in [4.78, 5) is 0. The molecule has 90 valence electrons. The average Bonchev–Trinajstić information content (AvgIpc) is 2.64. The summed E-state index contributed by atoms with van der Waals surface area (Å²) in [5.74, 6) is -0.254. The highest BCUT2D eigenvalue weighted by Gasteiger charge is 2.09. The molecule has 1 unspecified atom stereocenters. The van der Waals surface area contributed by atoms with Gasteiger partial charge >= 0.3 is 0 Å². The van der Waals surface area contributed by atoms with E-state index in [9.17, 15) is 4.39 Å². The van der Waals surface area contributed by atoms with Gasteiger partial charge in [0.25, 0.3) is 0 Å². The van der Waals surface area contributed by atoms with Crippen molar-refractivity contribution in [2.75, 3.05) is 0 Å². The molecule has 1 heterocycles. The number of hydrogen-bond acceptors (Lipinski definition) is 2. The first-order chi connectivity index (χ1) is 8.06. The van der Waals surface area contributed by atoms with E-state index in [1.807, 2.05) is 13.1 Å². The zero-order valence-electron chi connectivity index (χ0n) is 9.40. The Morgan fingerprint density at radius 2 is 2.29 bits per heavy atom. The van der Waals surface area contributed by atoms with Crippen LogP contribution >= 0.6 is 15.9 Å². The van der Waals surface area contributed by atoms with Crippen LogP contribution in [0.2, 0.25) is 0 Å². The number of aromatic nitrogens is 2. The number of nitrogens with zero attached hydrogens (tertiary/aromatic N) is 2. The van der Waals surface area contributed by atoms with Gasteiger partial charge in [0.15, 0.2) is 0 Å². The highest BCUT2D eigenvalue weighted by atomic mass is 79.9. The number of hydrogen-bond donors (Lipinski definition) is 1. The summed E-state index contributed by atoms with van der Waals surface area (Å²) in [6, 6.07) is 4.63. The molecular formula is C12H13BrFN3. The van der Waals surface area contributed by atoms with Gasteiger partial charge in [-0.2, -0.15) is 5.10 Å². The van der Waals surface area contributed by atoms with Gasteiger partial charge in [0.1, 0.15) is 5.82 Å². The summed E-state index contributed by atoms with van der Waals surface area (Å²) in [5, 5.41) is 4.19. The summed E-state index contributed by atoms with van der Waals surface area (Å²) in [6.45, 7) is 1.90. The molecule has 0 saturated carbocycles. The van der Waals surface area contributed by atoms with Crippen LogP contribution < -0.4 is 5.73 Å². The largest absolute Gasteiger partial charge is 0.328 e. The first-order valence-electron chi connectivity index (χ1n) is 5.31. The number of halogens is 2. The van der Waals surface area contributed by atoms with Gasteiger partial charge in [0.05, 0.1) is 16.4 Å². The van der Waals surface area contributed by atoms with Crippen LogP contribution in [-0.4, -0.2) is 15.8 Å². The summed E-state index contributed by atoms with van der Waals surface area (Å²) >= 11 is 3.34. The lowest BCUT2D eigenvalue weighted by atomic mass is 10.1. The first kappa shape index (κ1) is 12.3. The lowest BCUT2D eigenvalue weighted by Gasteiger charge is -2.11. The van der Waals surface area contributed by atoms with E-state index in [2.05, 4.69) is 21.0 Å². The molecule has 17 heavy (non-hydrogen) atoms. The van der Waals surface area contributed by atoms with Gasteiger partial charge in [0, 0.05) is 12.2 Å². The van der Waals surface area contributed by atoms with Gasteiger partial charge in [-0.1, -0.05) is 0 Å². The molecular weight excluding hydrogens is 285 g/mol. The molecule has 2 N–H and O–H groups in total. The molecule has 1 atom stereocenters. The topological polar surface area (TPSA) is 43.8 Å². The van der Waals surface area contributed by atoms with E-state index in [1.165, 1.54) is 12.1 Å². The minimum Gasteiger partial charge on any atom is -0.328 e. The van der Waals surface area contributed by atoms with E-state index in [1.54, 1.807) is 16.9 Å². The summed E-state index contributed by atoms with van der Waals surface area (Å²) in [6.07, 6.45) is 4.14. The second-order valence-electron chi connectivity index (χ2n) is 4.06. The normalized spacial score (nSPS) is 12.7. The van der Waals surface area contributed by atoms with Crippen molar-refractivity contribution in [3.05, 3.63) is 46.4 Å². The third kappa shape index (κ3) is 2.92. The molecule has 0 saturated heterocycles. The maximum atomic E-state index is 13.2. The van der Waals surface area contributed by atoms with Crippen molar-refractivity contribution in [2.24, 2.45) is 5.73 Å². The SMILES string of the molecule is CC(N)Cc1cc(F)ccc1-n1cc(Br)cn1. The Balaban J connectivity index is 2.45. The van der Waals surface area contributed by atoms with Crippen molar-refractivity contribution in [3.8, 4) is 5.69 Å². The standard InChI is InChI=1S/C12H13BrFN3/c1-8(15)4-9-5-11(14)2-3-12(9)17-7-10(13)6-16-17/h2-3,5-8H,4,15H2,1H3. The molecule has 0 aliphatic rings. The molecule has 0 fully saturated rings. The number of nitrogens with two attached hydrogens (primary N) is 1. The fraction of sp³-hybridized carbons (Fsp3) is 0.250. The second kappa shape index (κ2) is 4.98. The van der Waals surface area contributed by atoms with Crippen LogP contribution in [0.15, 0.2) is 35.1 Å². The highest BCUT2D eigenvalue weighted by Crippen LogP contribution is 2.19. The Morgan fingerprint density at radius 3 is 2.88 bits per heavy atom. The third-order valence-corrected chi connectivity index (χ3v) is 2.79. The van der Waals surface area contributed by atoms with Crippen LogP contribution in [0.3, 0.4) is 0 Å². The van der Waals surface area contributed by atoms with Gasteiger partial charge in [-0.3, -0.25) is 0 Å². The van der Waals surface area contributed by atoms with E-state index in [0.717, 1.165) is 15.7 Å². The molecule has 0 radical (unpaired) electrons. The minimum atomic E-state index is -0.254. The summed E-state index contributed by atoms with van der Waals surface area (Å²) in [7, 11) is 0. The van der Waals surface area contributed by atoms with E-state index in [4.69, 9.17) is 5.73 Å². The van der Waals surface area contributed by atoms with Crippen LogP contribution in [0.1, 0.15) is 12.5 Å². The van der Waals surface area contributed by atoms with Crippen LogP contribution in [0.25, 0.3) is 5.69 Å². The fourth-order valence-corrected chi connectivity index (χ4v) is 2.01. The Kier molecular flexibility index (Phi) is 3.59. The average molecular weight is 298 g/mol. The second-order valence-corrected chi connectivity index (χ2v) is 4.97. The van der Waals surface area contributed by atoms with E-state index in [-0.39, 0.29) is 11.9 Å². The van der Waals surface area contributed by atoms with Crippen LogP contribution in [-0.2, 0) is 6.42 Å². The van der Waals surface area contributed by atoms with Gasteiger partial charge in [-0.25, -0.2) is 9.07 Å². The minimum absolute atomic E-state index is 0.0189. The fourth-order valence-electron chi connectivity index (χ4n) is 1.72. The van der Waals surface area contributed by atoms with Gasteiger partial charge < -0.3 is 5.73 Å². The monoisotopic (exact) mass is 297 g/mol. The van der Waals surface area contributed by atoms with Gasteiger partial charge in [-0.15, -0.1) is 0 Å². The molecule has 1 aromatic carbocycles. The Morgan fingerprint density at radius 1 is 1.53 bits per heavy atom. The molecule has 2 aromatic rings. The molecule has 1 aromatic heterocycles. The van der Waals surface area contributed by atoms with E-state index < -0.39 is 0 Å². The van der Waals surface area contributed by atoms with Crippen molar-refractivity contribution in [1.82, 2.24) is 9.78 Å². The number of benzene rings is 1. The van der Waals surface area contributed by atoms with Crippen LogP contribution in [0, 0.1) is 5.82 Å². The van der Waals surface area contributed by atoms with Crippen molar-refractivity contribution in [1.29, 1.82) is 0 Å². The molecule has 5 heteroatoms. The lowest BCUT2D eigenvalue weighted by Crippen LogP contribution is -2.19. The molecule has 2 rings (SSSR count). The third-order valence-electron chi connectivity index (χ3n) is 2.38. The predicted octanol–water partition coefficient (Wildman–Crippen LogP) is 2.66. The number of rotatable bonds is 3. The molecule has 0 bridgehead atoms. The Labute approximate surface area is 108 Å². The highest BCUT2D eigenvalue weighted by molar-refractivity contribution is 9.10. The molecule has 0 aliphatic heterocycles. The predicted molar refractivity (Wildman–Crippen MR) is 68.6 cm³/mol. The first-order valence-corrected chi connectivity index (χ1v) is 6.10. The van der Waals surface area contributed by atoms with Crippen molar-refractivity contribution < 1.29 is 4.39 Å². The summed E-state index contributed by atoms with van der Waals surface area (Å²) < 4.78 is 15.8. The molecule has 0 aliphatic carbocycles. The zero-order chi connectivity index (χ0) is 12.4. The molecule has 0 amide bonds. The van der Waals surface area contributed by atoms with Gasteiger partial charge in [0.2, 0.25) is 0 Å². The van der Waals surface area contributed by atoms with Crippen molar-refractivity contribution in [3.63, 3.8) is 0 Å². The maximum absolute atomic E-state index is 13.2.